The lowest BCUT2D eigenvalue weighted by Crippen LogP contribution is -2.68. The summed E-state index contributed by atoms with van der Waals surface area (Å²) < 4.78 is 0. The lowest BCUT2D eigenvalue weighted by molar-refractivity contribution is -0.0102. The number of unbranched alkanes of at least 4 members (excludes halogenated alkanes) is 15. The topological polar surface area (TPSA) is 200 Å². The molecule has 4 unspecified atom stereocenters. The Hall–Kier alpha value is -4.32. The number of anilines is 5. The molecule has 22 heteroatoms. The first-order valence-corrected chi connectivity index (χ1v) is 54.2. The molecule has 5 fully saturated rings. The maximum atomic E-state index is 6.22. The Morgan fingerprint density at radius 2 is 0.705 bits per heavy atom. The minimum atomic E-state index is -0.323. The van der Waals surface area contributed by atoms with Crippen LogP contribution in [0.1, 0.15) is 470 Å². The predicted octanol–water partition coefficient (Wildman–Crippen LogP) is 22.8. The molecular formula is C107H204N22. The Morgan fingerprint density at radius 3 is 1.12 bits per heavy atom. The molecule has 0 amide bonds. The summed E-state index contributed by atoms with van der Waals surface area (Å²) in [4.78, 5) is 68.5. The van der Waals surface area contributed by atoms with Gasteiger partial charge in [-0.05, 0) is 313 Å². The second-order valence-electron chi connectivity index (χ2n) is 49.1. The van der Waals surface area contributed by atoms with E-state index in [1.165, 1.54) is 31.5 Å². The summed E-state index contributed by atoms with van der Waals surface area (Å²) in [6, 6.07) is 1.34. The Balaban J connectivity index is 1.09. The molecule has 9 rings (SSSR count). The second kappa shape index (κ2) is 47.6. The molecule has 9 heterocycles. The summed E-state index contributed by atoms with van der Waals surface area (Å²) in [5.74, 6) is 7.93. The van der Waals surface area contributed by atoms with Crippen LogP contribution in [0.25, 0.3) is 0 Å². The molecule has 742 valence electrons. The molecule has 7 aliphatic heterocycles. The van der Waals surface area contributed by atoms with Crippen LogP contribution in [-0.2, 0) is 0 Å². The van der Waals surface area contributed by atoms with Gasteiger partial charge in [0.2, 0.25) is 35.7 Å². The van der Waals surface area contributed by atoms with Gasteiger partial charge in [0.25, 0.3) is 0 Å². The van der Waals surface area contributed by atoms with Crippen molar-refractivity contribution in [2.24, 2.45) is 15.9 Å². The van der Waals surface area contributed by atoms with E-state index >= 15 is 0 Å². The van der Waals surface area contributed by atoms with Crippen molar-refractivity contribution in [2.45, 2.75) is 561 Å². The maximum absolute atomic E-state index is 6.22. The highest BCUT2D eigenvalue weighted by Crippen LogP contribution is 2.47. The summed E-state index contributed by atoms with van der Waals surface area (Å²) >= 11 is 0. The molecule has 0 saturated carbocycles. The molecular weight excluding hydrogens is 1590 g/mol. The minimum Gasteiger partial charge on any atom is -0.350 e. The molecule has 129 heavy (non-hydrogen) atoms. The molecule has 0 aliphatic carbocycles. The molecule has 7 aliphatic rings. The monoisotopic (exact) mass is 1800 g/mol. The quantitative estimate of drug-likeness (QED) is 0.0341. The van der Waals surface area contributed by atoms with E-state index in [0.717, 1.165) is 338 Å². The molecule has 4 atom stereocenters. The van der Waals surface area contributed by atoms with Gasteiger partial charge < -0.3 is 61.3 Å². The standard InChI is InChI=1S/C107H204N22/c1-31-40-57-81(58-41-32-2)88-108-90(112-91(109-88)122(59-42-33-3)60-43-34-4)106(28,29)129(86-77-103(22,23)120-104(24,25)78-86)69-56-52-51-55-67-127(83-72-99(14,15)118-100(16,17)73-83)95-111-89-87(80-107(30)79-85(76-105(26,27)121-107)126(65-48-39-9)94(110-89)116-95)125(82-70-97(10,11)117-98(12,13)71-82)66-53-49-50-54-68-128(84-74-101(18,19)119-102(20,21)75-84)96-114-92(123(61-44-35-5)62-45-36-6)113-93(115-96)124(63-46-37-7)64-47-38-8/h81-87,90,117-121H,31-80H2,1-30H3,(H,108,109,112). The Kier molecular flexibility index (Phi) is 40.0. The minimum absolute atomic E-state index is 0.0225. The number of fused-ring (bicyclic) bond motifs is 4. The number of hydrogen-bond donors (Lipinski definition) is 6. The first-order valence-electron chi connectivity index (χ1n) is 54.2. The Bertz CT molecular complexity index is 3570. The van der Waals surface area contributed by atoms with Gasteiger partial charge in [0.05, 0.1) is 11.6 Å². The lowest BCUT2D eigenvalue weighted by atomic mass is 9.74. The van der Waals surface area contributed by atoms with Crippen LogP contribution in [-0.4, -0.2) is 226 Å². The van der Waals surface area contributed by atoms with Crippen molar-refractivity contribution in [3.63, 3.8) is 0 Å². The fourth-order valence-electron chi connectivity index (χ4n) is 25.4. The Labute approximate surface area is 793 Å². The summed E-state index contributed by atoms with van der Waals surface area (Å²) in [7, 11) is 0. The van der Waals surface area contributed by atoms with Gasteiger partial charge in [-0.2, -0.15) is 29.9 Å². The van der Waals surface area contributed by atoms with E-state index in [2.05, 4.69) is 279 Å². The van der Waals surface area contributed by atoms with Crippen molar-refractivity contribution in [1.29, 1.82) is 0 Å². The number of rotatable bonds is 53. The number of amidine groups is 1. The van der Waals surface area contributed by atoms with E-state index in [1.807, 2.05) is 0 Å². The number of piperidine rings is 5. The summed E-state index contributed by atoms with van der Waals surface area (Å²) in [5, 5.41) is 25.2. The van der Waals surface area contributed by atoms with E-state index in [1.54, 1.807) is 0 Å². The number of aliphatic imine (C=N–C) groups is 2. The van der Waals surface area contributed by atoms with Crippen LogP contribution in [0.15, 0.2) is 9.98 Å². The van der Waals surface area contributed by atoms with Gasteiger partial charge in [0.15, 0.2) is 5.82 Å². The van der Waals surface area contributed by atoms with Gasteiger partial charge in [-0.15, -0.1) is 0 Å². The third-order valence-corrected chi connectivity index (χ3v) is 30.1. The number of nitrogens with zero attached hydrogens (tertiary/aromatic N) is 16. The van der Waals surface area contributed by atoms with Crippen molar-refractivity contribution < 1.29 is 0 Å². The highest BCUT2D eigenvalue weighted by Gasteiger charge is 2.53. The number of aromatic nitrogens is 6. The predicted molar refractivity (Wildman–Crippen MR) is 554 cm³/mol. The Morgan fingerprint density at radius 1 is 0.341 bits per heavy atom. The smallest absolute Gasteiger partial charge is 0.232 e. The third kappa shape index (κ3) is 32.1. The van der Waals surface area contributed by atoms with Crippen LogP contribution in [0.4, 0.5) is 29.7 Å². The highest BCUT2D eigenvalue weighted by atomic mass is 15.4. The van der Waals surface area contributed by atoms with Crippen LogP contribution in [0.3, 0.4) is 0 Å². The largest absolute Gasteiger partial charge is 0.350 e. The average molecular weight is 1800 g/mol. The third-order valence-electron chi connectivity index (χ3n) is 30.1. The molecule has 0 spiro atoms. The first-order chi connectivity index (χ1) is 60.7. The van der Waals surface area contributed by atoms with Crippen LogP contribution >= 0.6 is 0 Å². The molecule has 6 N–H and O–H groups in total. The molecule has 4 bridgehead atoms. The SMILES string of the molecule is CCCCC(CCCC)C1=NC(N(CCCC)CCCC)=NC(C(C)(C)N(CCCCCCN(c2nc3nc(n2)N(CCCC)C2CC(C)(C)NC(C)(C2)CC3N(CCCCCCN(c2nc(N(CCCC)CCCC)nc(N(CCCC)CCCC)n2)C2CC(C)(C)NC(C)(C)C2)C2CC(C)(C)NC(C)(C)C2)C2CC(C)(C)NC(C)(C)C2)C2CC(C)(C)NC(C)(C)C2)N1. The molecule has 5 saturated heterocycles. The number of guanidine groups is 1. The van der Waals surface area contributed by atoms with E-state index in [-0.39, 0.29) is 97.3 Å². The normalized spacial score (nSPS) is 23.8. The zero-order valence-corrected chi connectivity index (χ0v) is 89.6. The zero-order valence-electron chi connectivity index (χ0n) is 89.6. The van der Waals surface area contributed by atoms with Gasteiger partial charge in [0, 0.05) is 150 Å². The van der Waals surface area contributed by atoms with Crippen molar-refractivity contribution in [3.05, 3.63) is 5.82 Å². The van der Waals surface area contributed by atoms with Gasteiger partial charge >= 0.3 is 0 Å². The number of nitrogens with one attached hydrogen (secondary N) is 6. The summed E-state index contributed by atoms with van der Waals surface area (Å²) in [5.41, 5.74) is -1.18. The van der Waals surface area contributed by atoms with Crippen molar-refractivity contribution >= 4 is 41.5 Å². The summed E-state index contributed by atoms with van der Waals surface area (Å²) in [6.07, 6.45) is 42.9. The van der Waals surface area contributed by atoms with Gasteiger partial charge in [-0.25, -0.2) is 9.98 Å². The van der Waals surface area contributed by atoms with E-state index in [9.17, 15) is 0 Å². The number of hydrogen-bond acceptors (Lipinski definition) is 22. The van der Waals surface area contributed by atoms with Crippen LogP contribution in [0, 0.1) is 5.92 Å². The molecule has 22 nitrogen and oxygen atoms in total. The summed E-state index contributed by atoms with van der Waals surface area (Å²) in [6.45, 7) is 83.2. The second-order valence-corrected chi connectivity index (χ2v) is 49.1. The van der Waals surface area contributed by atoms with Gasteiger partial charge in [-0.3, -0.25) is 9.80 Å². The van der Waals surface area contributed by atoms with Crippen LogP contribution in [0.2, 0.25) is 0 Å². The zero-order chi connectivity index (χ0) is 94.6. The average Bonchev–Trinajstić information content (AvgIpc) is 1.66. The van der Waals surface area contributed by atoms with Crippen molar-refractivity contribution in [1.82, 2.24) is 76.5 Å². The van der Waals surface area contributed by atoms with Gasteiger partial charge in [0.1, 0.15) is 12.0 Å². The van der Waals surface area contributed by atoms with Crippen LogP contribution in [0.5, 0.6) is 0 Å². The fourth-order valence-corrected chi connectivity index (χ4v) is 25.4. The van der Waals surface area contributed by atoms with E-state index in [0.29, 0.717) is 12.0 Å². The maximum Gasteiger partial charge on any atom is 0.232 e. The van der Waals surface area contributed by atoms with Gasteiger partial charge in [-0.1, -0.05) is 159 Å². The van der Waals surface area contributed by atoms with Crippen molar-refractivity contribution in [2.75, 3.05) is 96.5 Å². The first kappa shape index (κ1) is 108. The van der Waals surface area contributed by atoms with Crippen LogP contribution < -0.4 is 56.4 Å². The van der Waals surface area contributed by atoms with E-state index in [4.69, 9.17) is 39.9 Å². The molecule has 2 aromatic heterocycles. The molecule has 0 aromatic carbocycles. The highest BCUT2D eigenvalue weighted by molar-refractivity contribution is 5.99. The molecule has 0 radical (unpaired) electrons. The van der Waals surface area contributed by atoms with Crippen molar-refractivity contribution in [3.8, 4) is 0 Å². The van der Waals surface area contributed by atoms with E-state index < -0.39 is 0 Å². The fraction of sp³-hybridized carbons (Fsp3) is 0.925. The lowest BCUT2D eigenvalue weighted by Gasteiger charge is -2.55. The molecule has 2 aromatic rings.